The Labute approximate surface area is 177 Å². The van der Waals surface area contributed by atoms with E-state index >= 15 is 0 Å². The molecule has 1 fully saturated rings. The van der Waals surface area contributed by atoms with Crippen LogP contribution in [0.4, 0.5) is 0 Å². The van der Waals surface area contributed by atoms with Crippen LogP contribution in [-0.2, 0) is 5.60 Å². The zero-order chi connectivity index (χ0) is 21.1. The van der Waals surface area contributed by atoms with Crippen LogP contribution in [0.1, 0.15) is 36.0 Å². The molecule has 0 saturated carbocycles. The summed E-state index contributed by atoms with van der Waals surface area (Å²) in [6.45, 7) is 6.32. The Balaban J connectivity index is 1.30. The van der Waals surface area contributed by atoms with Gasteiger partial charge in [0, 0.05) is 43.2 Å². The zero-order valence-corrected chi connectivity index (χ0v) is 17.7. The highest BCUT2D eigenvalue weighted by Gasteiger charge is 2.34. The quantitative estimate of drug-likeness (QED) is 0.608. The molecule has 1 saturated heterocycles. The molecule has 1 aliphatic heterocycles. The number of pyridine rings is 1. The summed E-state index contributed by atoms with van der Waals surface area (Å²) in [6, 6.07) is 16.0. The van der Waals surface area contributed by atoms with Gasteiger partial charge in [0.1, 0.15) is 5.75 Å². The Morgan fingerprint density at radius 3 is 2.63 bits per heavy atom. The van der Waals surface area contributed by atoms with Gasteiger partial charge in [0.05, 0.1) is 11.1 Å². The second-order valence-electron chi connectivity index (χ2n) is 8.42. The second-order valence-corrected chi connectivity index (χ2v) is 8.42. The van der Waals surface area contributed by atoms with Crippen molar-refractivity contribution in [3.05, 3.63) is 71.4 Å². The second kappa shape index (κ2) is 8.72. The lowest BCUT2D eigenvalue weighted by Gasteiger charge is -2.38. The van der Waals surface area contributed by atoms with Crippen molar-refractivity contribution in [2.75, 3.05) is 19.6 Å². The molecule has 158 valence electrons. The lowest BCUT2D eigenvalue weighted by atomic mass is 9.85. The number of benzene rings is 2. The van der Waals surface area contributed by atoms with Gasteiger partial charge in [-0.1, -0.05) is 35.9 Å². The van der Waals surface area contributed by atoms with Gasteiger partial charge in [0.25, 0.3) is 0 Å². The van der Waals surface area contributed by atoms with Crippen LogP contribution >= 0.6 is 0 Å². The van der Waals surface area contributed by atoms with Crippen molar-refractivity contribution >= 4 is 10.9 Å². The number of hydrogen-bond donors (Lipinski definition) is 2. The molecule has 0 bridgehead atoms. The molecule has 1 atom stereocenters. The molecule has 5 nitrogen and oxygen atoms in total. The molecule has 1 aromatic heterocycles. The maximum atomic E-state index is 11.2. The number of nitrogens with zero attached hydrogens (tertiary/aromatic N) is 2. The Morgan fingerprint density at radius 2 is 1.87 bits per heavy atom. The van der Waals surface area contributed by atoms with Crippen LogP contribution in [0, 0.1) is 13.8 Å². The van der Waals surface area contributed by atoms with Crippen LogP contribution in [0.25, 0.3) is 10.9 Å². The first-order valence-corrected chi connectivity index (χ1v) is 10.6. The predicted octanol–water partition coefficient (Wildman–Crippen LogP) is 3.92. The number of aromatic nitrogens is 1. The van der Waals surface area contributed by atoms with Crippen molar-refractivity contribution in [1.82, 2.24) is 9.88 Å². The van der Waals surface area contributed by atoms with E-state index in [2.05, 4.69) is 22.0 Å². The molecule has 3 aromatic rings. The van der Waals surface area contributed by atoms with Gasteiger partial charge in [-0.15, -0.1) is 0 Å². The van der Waals surface area contributed by atoms with Crippen molar-refractivity contribution < 1.29 is 14.9 Å². The van der Waals surface area contributed by atoms with Gasteiger partial charge in [-0.2, -0.15) is 0 Å². The van der Waals surface area contributed by atoms with E-state index in [-0.39, 0.29) is 0 Å². The van der Waals surface area contributed by atoms with Crippen molar-refractivity contribution in [2.24, 2.45) is 0 Å². The molecule has 1 unspecified atom stereocenters. The summed E-state index contributed by atoms with van der Waals surface area (Å²) in [6.07, 6.45) is 2.81. The van der Waals surface area contributed by atoms with E-state index in [0.29, 0.717) is 19.3 Å². The van der Waals surface area contributed by atoms with Gasteiger partial charge in [-0.25, -0.2) is 0 Å². The van der Waals surface area contributed by atoms with Crippen LogP contribution < -0.4 is 4.74 Å². The minimum absolute atomic E-state index is 0.531. The molecular formula is C25H30N2O3. The number of likely N-dealkylation sites (tertiary alicyclic amines) is 1. The van der Waals surface area contributed by atoms with Crippen LogP contribution in [0.3, 0.4) is 0 Å². The Bertz CT molecular complexity index is 1010. The SMILES string of the molecule is Cc1ccc(OC(O)CCN2CCC(O)(c3cnc4ccccc4c3)CC2)c(C)c1. The molecule has 0 amide bonds. The summed E-state index contributed by atoms with van der Waals surface area (Å²) in [5.41, 5.74) is 3.19. The number of hydrogen-bond acceptors (Lipinski definition) is 5. The zero-order valence-electron chi connectivity index (χ0n) is 17.7. The van der Waals surface area contributed by atoms with Crippen LogP contribution in [0.2, 0.25) is 0 Å². The fraction of sp³-hybridized carbons (Fsp3) is 0.400. The molecule has 2 aromatic carbocycles. The highest BCUT2D eigenvalue weighted by atomic mass is 16.6. The Hall–Kier alpha value is -2.47. The minimum Gasteiger partial charge on any atom is -0.465 e. The number of aliphatic hydroxyl groups is 2. The summed E-state index contributed by atoms with van der Waals surface area (Å²) in [4.78, 5) is 6.78. The fourth-order valence-electron chi connectivity index (χ4n) is 4.19. The molecule has 0 spiro atoms. The molecule has 4 rings (SSSR count). The summed E-state index contributed by atoms with van der Waals surface area (Å²) in [7, 11) is 0. The number of piperidine rings is 1. The van der Waals surface area contributed by atoms with Crippen molar-refractivity contribution in [3.8, 4) is 5.75 Å². The van der Waals surface area contributed by atoms with Gasteiger partial charge in [-0.3, -0.25) is 4.98 Å². The Morgan fingerprint density at radius 1 is 1.10 bits per heavy atom. The van der Waals surface area contributed by atoms with E-state index < -0.39 is 11.9 Å². The molecule has 30 heavy (non-hydrogen) atoms. The average molecular weight is 407 g/mol. The highest BCUT2D eigenvalue weighted by Crippen LogP contribution is 2.33. The first-order valence-electron chi connectivity index (χ1n) is 10.6. The van der Waals surface area contributed by atoms with Crippen molar-refractivity contribution in [1.29, 1.82) is 0 Å². The van der Waals surface area contributed by atoms with E-state index in [1.165, 1.54) is 5.56 Å². The minimum atomic E-state index is -0.846. The first kappa shape index (κ1) is 20.8. The molecule has 2 N–H and O–H groups in total. The van der Waals surface area contributed by atoms with Gasteiger partial charge in [0.2, 0.25) is 0 Å². The molecule has 0 aliphatic carbocycles. The number of rotatable bonds is 6. The Kier molecular flexibility index (Phi) is 6.04. The highest BCUT2D eigenvalue weighted by molar-refractivity contribution is 5.78. The number of fused-ring (bicyclic) bond motifs is 1. The molecule has 0 radical (unpaired) electrons. The smallest absolute Gasteiger partial charge is 0.198 e. The summed E-state index contributed by atoms with van der Waals surface area (Å²) >= 11 is 0. The molecular weight excluding hydrogens is 376 g/mol. The standard InChI is InChI=1S/C25H30N2O3/c1-18-7-8-23(19(2)15-18)30-24(28)9-12-27-13-10-25(29,11-14-27)21-16-20-5-3-4-6-22(20)26-17-21/h3-8,15-17,24,28-29H,9-14H2,1-2H3. The number of ether oxygens (including phenoxy) is 1. The fourth-order valence-corrected chi connectivity index (χ4v) is 4.19. The monoisotopic (exact) mass is 406 g/mol. The maximum absolute atomic E-state index is 11.2. The van der Waals surface area contributed by atoms with E-state index in [1.54, 1.807) is 6.20 Å². The van der Waals surface area contributed by atoms with Crippen LogP contribution in [-0.4, -0.2) is 46.0 Å². The van der Waals surface area contributed by atoms with E-state index in [9.17, 15) is 10.2 Å². The average Bonchev–Trinajstić information content (AvgIpc) is 2.75. The third kappa shape index (κ3) is 4.64. The van der Waals surface area contributed by atoms with Gasteiger partial charge >= 0.3 is 0 Å². The summed E-state index contributed by atoms with van der Waals surface area (Å²) in [5, 5.41) is 22.6. The van der Waals surface area contributed by atoms with Gasteiger partial charge in [0.15, 0.2) is 6.29 Å². The van der Waals surface area contributed by atoms with Crippen molar-refractivity contribution in [2.45, 2.75) is 45.0 Å². The predicted molar refractivity (Wildman–Crippen MR) is 118 cm³/mol. The van der Waals surface area contributed by atoms with E-state index in [1.807, 2.05) is 50.2 Å². The lowest BCUT2D eigenvalue weighted by molar-refractivity contribution is -0.0478. The number of aliphatic hydroxyl groups excluding tert-OH is 1. The van der Waals surface area contributed by atoms with Crippen molar-refractivity contribution in [3.63, 3.8) is 0 Å². The van der Waals surface area contributed by atoms with Crippen LogP contribution in [0.5, 0.6) is 5.75 Å². The van der Waals surface area contributed by atoms with E-state index in [0.717, 1.165) is 47.4 Å². The number of aryl methyl sites for hydroxylation is 2. The topological polar surface area (TPSA) is 65.8 Å². The molecule has 5 heteroatoms. The third-order valence-corrected chi connectivity index (χ3v) is 6.10. The van der Waals surface area contributed by atoms with E-state index in [4.69, 9.17) is 4.74 Å². The first-order chi connectivity index (χ1) is 14.4. The third-order valence-electron chi connectivity index (χ3n) is 6.10. The normalized spacial score (nSPS) is 17.7. The summed E-state index contributed by atoms with van der Waals surface area (Å²) in [5.74, 6) is 0.727. The van der Waals surface area contributed by atoms with Gasteiger partial charge in [-0.05, 0) is 50.5 Å². The van der Waals surface area contributed by atoms with Crippen LogP contribution in [0.15, 0.2) is 54.7 Å². The number of para-hydroxylation sites is 1. The molecule has 1 aliphatic rings. The lowest BCUT2D eigenvalue weighted by Crippen LogP contribution is -2.43. The maximum Gasteiger partial charge on any atom is 0.198 e. The van der Waals surface area contributed by atoms with Gasteiger partial charge < -0.3 is 19.8 Å². The molecule has 2 heterocycles. The largest absolute Gasteiger partial charge is 0.465 e. The summed E-state index contributed by atoms with van der Waals surface area (Å²) < 4.78 is 5.71.